The summed E-state index contributed by atoms with van der Waals surface area (Å²) in [7, 11) is 0. The van der Waals surface area contributed by atoms with E-state index in [1.165, 1.54) is 0 Å². The third kappa shape index (κ3) is 4.91. The first-order chi connectivity index (χ1) is 8.48. The van der Waals surface area contributed by atoms with Crippen LogP contribution in [0.5, 0.6) is 0 Å². The predicted octanol–water partition coefficient (Wildman–Crippen LogP) is 0.706. The zero-order chi connectivity index (χ0) is 13.6. The highest BCUT2D eigenvalue weighted by atomic mass is 32.2. The molecule has 0 aromatic carbocycles. The highest BCUT2D eigenvalue weighted by molar-refractivity contribution is 7.99. The number of nitrogens with zero attached hydrogens (tertiary/aromatic N) is 3. The number of rotatable bonds is 6. The third-order valence-electron chi connectivity index (χ3n) is 3.00. The van der Waals surface area contributed by atoms with E-state index in [2.05, 4.69) is 9.48 Å². The third-order valence-corrected chi connectivity index (χ3v) is 3.72. The van der Waals surface area contributed by atoms with E-state index < -0.39 is 4.75 Å². The highest BCUT2D eigenvalue weighted by Crippen LogP contribution is 2.29. The molecule has 0 saturated carbocycles. The van der Waals surface area contributed by atoms with Crippen molar-refractivity contribution in [1.82, 2.24) is 9.80 Å². The summed E-state index contributed by atoms with van der Waals surface area (Å²) in [4.78, 5) is 26.3. The molecular formula is C11H21N3O3S. The van der Waals surface area contributed by atoms with Crippen LogP contribution in [0.3, 0.4) is 0 Å². The van der Waals surface area contributed by atoms with Gasteiger partial charge in [0.15, 0.2) is 0 Å². The number of β-amino-alcohol motifs (C(OH)–C–C–N with tert-alkyl or cyclic N) is 1. The van der Waals surface area contributed by atoms with Gasteiger partial charge in [0.1, 0.15) is 0 Å². The summed E-state index contributed by atoms with van der Waals surface area (Å²) >= 11 is 0.913. The van der Waals surface area contributed by atoms with E-state index in [4.69, 9.17) is 5.11 Å². The first-order valence-corrected chi connectivity index (χ1v) is 6.87. The van der Waals surface area contributed by atoms with Gasteiger partial charge in [-0.05, 0) is 13.8 Å². The van der Waals surface area contributed by atoms with Crippen molar-refractivity contribution in [2.75, 3.05) is 39.3 Å². The van der Waals surface area contributed by atoms with Gasteiger partial charge < -0.3 is 10.0 Å². The van der Waals surface area contributed by atoms with Crippen LogP contribution in [0.4, 0.5) is 0 Å². The summed E-state index contributed by atoms with van der Waals surface area (Å²) in [6, 6.07) is 0. The molecule has 0 spiro atoms. The van der Waals surface area contributed by atoms with Crippen molar-refractivity contribution in [2.45, 2.75) is 25.0 Å². The fraction of sp³-hybridized carbons (Fsp3) is 0.909. The van der Waals surface area contributed by atoms with Crippen molar-refractivity contribution in [1.29, 1.82) is 0 Å². The molecular weight excluding hydrogens is 254 g/mol. The standard InChI is InChI=1S/C11H21N3O3S/c1-11(2,18-12-17)9-10(16)14-5-3-13(4-6-14)7-8-15/h15H,3-9H2,1-2H3. The van der Waals surface area contributed by atoms with E-state index in [0.29, 0.717) is 26.1 Å². The second-order valence-electron chi connectivity index (χ2n) is 5.05. The molecule has 0 atom stereocenters. The predicted molar refractivity (Wildman–Crippen MR) is 72.2 cm³/mol. The van der Waals surface area contributed by atoms with Crippen molar-refractivity contribution in [2.24, 2.45) is 4.58 Å². The van der Waals surface area contributed by atoms with E-state index in [-0.39, 0.29) is 12.5 Å². The van der Waals surface area contributed by atoms with Crippen LogP contribution in [0.15, 0.2) is 4.58 Å². The minimum atomic E-state index is -0.443. The Morgan fingerprint density at radius 2 is 1.94 bits per heavy atom. The highest BCUT2D eigenvalue weighted by Gasteiger charge is 2.28. The van der Waals surface area contributed by atoms with Crippen molar-refractivity contribution in [3.05, 3.63) is 4.91 Å². The number of amides is 1. The molecule has 0 aromatic heterocycles. The molecule has 0 bridgehead atoms. The van der Waals surface area contributed by atoms with Crippen molar-refractivity contribution >= 4 is 17.9 Å². The van der Waals surface area contributed by atoms with E-state index >= 15 is 0 Å². The van der Waals surface area contributed by atoms with Crippen LogP contribution in [0.2, 0.25) is 0 Å². The normalized spacial score (nSPS) is 17.8. The van der Waals surface area contributed by atoms with E-state index in [1.54, 1.807) is 0 Å². The fourth-order valence-corrected chi connectivity index (χ4v) is 2.36. The molecule has 104 valence electrons. The monoisotopic (exact) mass is 275 g/mol. The van der Waals surface area contributed by atoms with Gasteiger partial charge in [-0.25, -0.2) is 0 Å². The molecule has 0 aliphatic carbocycles. The molecule has 7 heteroatoms. The maximum atomic E-state index is 12.1. The molecule has 1 amide bonds. The van der Waals surface area contributed by atoms with Gasteiger partial charge in [-0.15, -0.1) is 4.91 Å². The molecule has 1 aliphatic rings. The van der Waals surface area contributed by atoms with Crippen LogP contribution in [-0.2, 0) is 4.79 Å². The van der Waals surface area contributed by atoms with E-state index in [1.807, 2.05) is 18.7 Å². The van der Waals surface area contributed by atoms with E-state index in [0.717, 1.165) is 25.0 Å². The second-order valence-corrected chi connectivity index (χ2v) is 6.49. The Morgan fingerprint density at radius 1 is 1.33 bits per heavy atom. The maximum absolute atomic E-state index is 12.1. The number of carbonyl (C=O) groups is 1. The molecule has 18 heavy (non-hydrogen) atoms. The maximum Gasteiger partial charge on any atom is 0.224 e. The summed E-state index contributed by atoms with van der Waals surface area (Å²) in [6.45, 7) is 7.48. The number of carbonyl (C=O) groups excluding carboxylic acids is 1. The first kappa shape index (κ1) is 15.4. The van der Waals surface area contributed by atoms with Crippen LogP contribution in [0.25, 0.3) is 0 Å². The number of aliphatic hydroxyl groups excluding tert-OH is 1. The van der Waals surface area contributed by atoms with Crippen molar-refractivity contribution < 1.29 is 9.90 Å². The zero-order valence-corrected chi connectivity index (χ0v) is 11.8. The number of piperazine rings is 1. The summed E-state index contributed by atoms with van der Waals surface area (Å²) in [5, 5.41) is 8.84. The quantitative estimate of drug-likeness (QED) is 0.571. The van der Waals surface area contributed by atoms with Gasteiger partial charge in [0.05, 0.1) is 6.61 Å². The van der Waals surface area contributed by atoms with Gasteiger partial charge in [-0.3, -0.25) is 9.69 Å². The molecule has 1 heterocycles. The Kier molecular flexibility index (Phi) is 6.04. The lowest BCUT2D eigenvalue weighted by atomic mass is 10.1. The molecule has 0 unspecified atom stereocenters. The minimum absolute atomic E-state index is 0.0693. The summed E-state index contributed by atoms with van der Waals surface area (Å²) in [5.41, 5.74) is 0. The first-order valence-electron chi connectivity index (χ1n) is 6.10. The van der Waals surface area contributed by atoms with Gasteiger partial charge >= 0.3 is 0 Å². The summed E-state index contributed by atoms with van der Waals surface area (Å²) < 4.78 is 2.36. The van der Waals surface area contributed by atoms with Gasteiger partial charge in [0.2, 0.25) is 5.91 Å². The van der Waals surface area contributed by atoms with Gasteiger partial charge in [-0.1, -0.05) is 0 Å². The Balaban J connectivity index is 2.38. The average molecular weight is 275 g/mol. The van der Waals surface area contributed by atoms with Gasteiger partial charge in [0.25, 0.3) is 0 Å². The van der Waals surface area contributed by atoms with Crippen LogP contribution in [0, 0.1) is 4.91 Å². The molecule has 1 N–H and O–H groups in total. The SMILES string of the molecule is CC(C)(CC(=O)N1CCN(CCO)CC1)SN=O. The Hall–Kier alpha value is -0.660. The topological polar surface area (TPSA) is 73.2 Å². The largest absolute Gasteiger partial charge is 0.395 e. The van der Waals surface area contributed by atoms with Crippen LogP contribution >= 0.6 is 11.9 Å². The van der Waals surface area contributed by atoms with Crippen molar-refractivity contribution in [3.63, 3.8) is 0 Å². The number of hydrogen-bond acceptors (Lipinski definition) is 6. The molecule has 0 radical (unpaired) electrons. The Labute approximate surface area is 112 Å². The molecule has 1 aliphatic heterocycles. The molecule has 1 rings (SSSR count). The molecule has 1 saturated heterocycles. The number of hydrogen-bond donors (Lipinski definition) is 1. The van der Waals surface area contributed by atoms with Crippen LogP contribution in [-0.4, -0.2) is 64.9 Å². The molecule has 0 aromatic rings. The number of nitroso groups, excluding NO2 is 1. The lowest BCUT2D eigenvalue weighted by Gasteiger charge is -2.35. The Morgan fingerprint density at radius 3 is 2.44 bits per heavy atom. The van der Waals surface area contributed by atoms with Crippen molar-refractivity contribution in [3.8, 4) is 0 Å². The van der Waals surface area contributed by atoms with E-state index in [9.17, 15) is 9.70 Å². The number of aliphatic hydroxyl groups is 1. The average Bonchev–Trinajstić information content (AvgIpc) is 2.29. The minimum Gasteiger partial charge on any atom is -0.395 e. The Bertz CT molecular complexity index is 291. The zero-order valence-electron chi connectivity index (χ0n) is 11.0. The van der Waals surface area contributed by atoms with Gasteiger partial charge in [-0.2, -0.15) is 0 Å². The van der Waals surface area contributed by atoms with Gasteiger partial charge in [0, 0.05) is 60.4 Å². The lowest BCUT2D eigenvalue weighted by Crippen LogP contribution is -2.50. The van der Waals surface area contributed by atoms with Crippen LogP contribution < -0.4 is 0 Å². The second kappa shape index (κ2) is 7.06. The van der Waals surface area contributed by atoms with Crippen LogP contribution in [0.1, 0.15) is 20.3 Å². The summed E-state index contributed by atoms with van der Waals surface area (Å²) in [5.74, 6) is 0.0693. The lowest BCUT2D eigenvalue weighted by molar-refractivity contribution is -0.133. The molecule has 1 fully saturated rings. The molecule has 6 nitrogen and oxygen atoms in total. The smallest absolute Gasteiger partial charge is 0.224 e. The fourth-order valence-electron chi connectivity index (χ4n) is 1.97. The summed E-state index contributed by atoms with van der Waals surface area (Å²) in [6.07, 6.45) is 0.323.